The van der Waals surface area contributed by atoms with Gasteiger partial charge in [0.05, 0.1) is 40.3 Å². The third-order valence-corrected chi connectivity index (χ3v) is 16.1. The number of hydrogen-bond donors (Lipinski definition) is 1. The fraction of sp³-hybridized carbons (Fsp3) is 0.904. The minimum atomic E-state index is -1.36. The van der Waals surface area contributed by atoms with Crippen LogP contribution in [0.2, 0.25) is 0 Å². The van der Waals surface area contributed by atoms with Crippen LogP contribution >= 0.6 is 0 Å². The first kappa shape index (κ1) is 57.4. The molecule has 10 aliphatic rings. The zero-order chi connectivity index (χ0) is 41.7. The van der Waals surface area contributed by atoms with E-state index in [1.165, 1.54) is 0 Å². The van der Waals surface area contributed by atoms with Gasteiger partial charge in [-0.15, -0.1) is 0 Å². The smallest absolute Gasteiger partial charge is 0.314 e. The lowest BCUT2D eigenvalue weighted by molar-refractivity contribution is -0.234. The normalized spacial score (nSPS) is 37.7. The van der Waals surface area contributed by atoms with Crippen molar-refractivity contribution in [2.45, 2.75) is 250 Å². The predicted octanol–water partition coefficient (Wildman–Crippen LogP) is 11.2. The van der Waals surface area contributed by atoms with Gasteiger partial charge in [0, 0.05) is 19.3 Å². The van der Waals surface area contributed by atoms with Crippen molar-refractivity contribution in [3.63, 3.8) is 0 Å². The molecule has 10 fully saturated rings. The molecule has 0 radical (unpaired) electrons. The van der Waals surface area contributed by atoms with Crippen LogP contribution in [0.15, 0.2) is 0 Å². The lowest BCUT2D eigenvalue weighted by Gasteiger charge is -2.60. The maximum Gasteiger partial charge on any atom is 0.314 e. The molecule has 8 unspecified atom stereocenters. The lowest BCUT2D eigenvalue weighted by Crippen LogP contribution is -2.61. The first-order valence-corrected chi connectivity index (χ1v) is 22.4. The number of cyclic esters (lactones) is 1. The Hall–Kier alpha value is -2.73. The molecule has 2 aliphatic heterocycles. The number of aliphatic hydroxyl groups is 1. The van der Waals surface area contributed by atoms with Gasteiger partial charge in [-0.1, -0.05) is 51.5 Å². The van der Waals surface area contributed by atoms with Crippen molar-refractivity contribution >= 4 is 29.8 Å². The molecule has 0 aromatic rings. The van der Waals surface area contributed by atoms with Gasteiger partial charge in [-0.05, 0) is 162 Å². The Bertz CT molecular complexity index is 1670. The highest BCUT2D eigenvalue weighted by Gasteiger charge is 2.65. The fourth-order valence-electron chi connectivity index (χ4n) is 14.2. The summed E-state index contributed by atoms with van der Waals surface area (Å²) in [4.78, 5) is 70.1. The number of rotatable bonds is 13. The standard InChI is InChI=1S/C46H68O12.6CH4/c1-8-41(6,36(49)57-45-20-28-13-29(21-45)17-43(16-28,26-45)38(51)55-34-11-9-10-12-53-34)25-42(7,24-39(2,3)35(48)54-32-15-33(47)56-40(32,4)5)37(50)58-46-22-30-14-31(23-46)19-44(52,18-30)27-46;;;;;;/h28-32,34,52H,8-27H2,1-7H3;6*1H4. The van der Waals surface area contributed by atoms with Crippen LogP contribution in [-0.2, 0) is 52.4 Å². The molecule has 12 nitrogen and oxygen atoms in total. The largest absolute Gasteiger partial charge is 0.459 e. The summed E-state index contributed by atoms with van der Waals surface area (Å²) in [6, 6.07) is 0. The Morgan fingerprint density at radius 2 is 1.20 bits per heavy atom. The van der Waals surface area contributed by atoms with Crippen molar-refractivity contribution in [3.05, 3.63) is 0 Å². The molecule has 0 aromatic carbocycles. The summed E-state index contributed by atoms with van der Waals surface area (Å²) in [6.07, 6.45) is 10.1. The molecule has 12 heteroatoms. The number of hydrogen-bond acceptors (Lipinski definition) is 12. The quantitative estimate of drug-likeness (QED) is 0.138. The molecule has 0 aromatic heterocycles. The third kappa shape index (κ3) is 10.7. The van der Waals surface area contributed by atoms with E-state index in [-0.39, 0.29) is 93.5 Å². The Morgan fingerprint density at radius 1 is 0.688 bits per heavy atom. The van der Waals surface area contributed by atoms with E-state index < -0.39 is 80.3 Å². The molecule has 2 heterocycles. The summed E-state index contributed by atoms with van der Waals surface area (Å²) in [6.45, 7) is 13.0. The summed E-state index contributed by atoms with van der Waals surface area (Å²) < 4.78 is 36.6. The summed E-state index contributed by atoms with van der Waals surface area (Å²) in [5, 5.41) is 11.5. The van der Waals surface area contributed by atoms with Crippen LogP contribution in [0.25, 0.3) is 0 Å². The zero-order valence-corrected chi connectivity index (χ0v) is 36.0. The van der Waals surface area contributed by atoms with Crippen LogP contribution in [0.4, 0.5) is 0 Å². The van der Waals surface area contributed by atoms with E-state index in [2.05, 4.69) is 0 Å². The van der Waals surface area contributed by atoms with Crippen LogP contribution in [0, 0.1) is 45.3 Å². The Balaban J connectivity index is 0.00000235. The Labute approximate surface area is 388 Å². The summed E-state index contributed by atoms with van der Waals surface area (Å²) in [5.41, 5.74) is -7.94. The van der Waals surface area contributed by atoms with Crippen LogP contribution < -0.4 is 0 Å². The topological polar surface area (TPSA) is 161 Å². The van der Waals surface area contributed by atoms with Crippen LogP contribution in [0.5, 0.6) is 0 Å². The lowest BCUT2D eigenvalue weighted by atomic mass is 9.48. The SMILES string of the molecule is C.C.C.C.C.C.CCC(C)(CC(C)(CC(C)(C)C(=O)OC1CC(=O)OC1(C)C)C(=O)OC12CC3CC(CC(O)(C3)C1)C2)C(=O)OC12CC3CC(C1)CC(C(=O)OC1CCCCO1)(C3)C2. The number of carbonyl (C=O) groups is 5. The van der Waals surface area contributed by atoms with Gasteiger partial charge in [-0.3, -0.25) is 24.0 Å². The van der Waals surface area contributed by atoms with E-state index in [4.69, 9.17) is 28.4 Å². The van der Waals surface area contributed by atoms with E-state index in [0.717, 1.165) is 51.4 Å². The molecular formula is C52H92O12. The minimum absolute atomic E-state index is 0. The first-order chi connectivity index (χ1) is 27.0. The number of ether oxygens (including phenoxy) is 6. The second kappa shape index (κ2) is 19.5. The van der Waals surface area contributed by atoms with Crippen molar-refractivity contribution in [1.29, 1.82) is 0 Å². The van der Waals surface area contributed by atoms with E-state index in [9.17, 15) is 24.3 Å². The van der Waals surface area contributed by atoms with Crippen LogP contribution in [0.3, 0.4) is 0 Å². The maximum absolute atomic E-state index is 15.0. The molecule has 372 valence electrons. The maximum atomic E-state index is 15.0. The van der Waals surface area contributed by atoms with E-state index in [1.54, 1.807) is 34.6 Å². The van der Waals surface area contributed by atoms with Crippen molar-refractivity contribution < 1.29 is 57.5 Å². The van der Waals surface area contributed by atoms with Gasteiger partial charge in [-0.2, -0.15) is 0 Å². The number of esters is 5. The van der Waals surface area contributed by atoms with Gasteiger partial charge in [-0.25, -0.2) is 0 Å². The highest BCUT2D eigenvalue weighted by Crippen LogP contribution is 2.64. The molecule has 0 amide bonds. The molecule has 1 N–H and O–H groups in total. The molecule has 8 aliphatic carbocycles. The summed E-state index contributed by atoms with van der Waals surface area (Å²) in [7, 11) is 0. The third-order valence-electron chi connectivity index (χ3n) is 16.1. The molecule has 8 atom stereocenters. The predicted molar refractivity (Wildman–Crippen MR) is 249 cm³/mol. The molecule has 0 spiro atoms. The Morgan fingerprint density at radius 3 is 1.67 bits per heavy atom. The second-order valence-corrected chi connectivity index (χ2v) is 22.7. The van der Waals surface area contributed by atoms with E-state index in [0.29, 0.717) is 58.0 Å². The van der Waals surface area contributed by atoms with Gasteiger partial charge >= 0.3 is 29.8 Å². The second-order valence-electron chi connectivity index (χ2n) is 22.7. The van der Waals surface area contributed by atoms with Crippen molar-refractivity contribution in [1.82, 2.24) is 0 Å². The average Bonchev–Trinajstić information content (AvgIpc) is 3.35. The summed E-state index contributed by atoms with van der Waals surface area (Å²) >= 11 is 0. The molecule has 64 heavy (non-hydrogen) atoms. The highest BCUT2D eigenvalue weighted by molar-refractivity contribution is 5.84. The average molecular weight is 909 g/mol. The highest BCUT2D eigenvalue weighted by atomic mass is 16.7. The molecular weight excluding hydrogens is 817 g/mol. The molecule has 10 rings (SSSR count). The van der Waals surface area contributed by atoms with Crippen LogP contribution in [0.1, 0.15) is 215 Å². The first-order valence-electron chi connectivity index (χ1n) is 22.4. The fourth-order valence-corrected chi connectivity index (χ4v) is 14.2. The van der Waals surface area contributed by atoms with E-state index >= 15 is 4.79 Å². The van der Waals surface area contributed by atoms with E-state index in [1.807, 2.05) is 13.8 Å². The minimum Gasteiger partial charge on any atom is -0.459 e. The van der Waals surface area contributed by atoms with Gasteiger partial charge in [0.2, 0.25) is 6.29 Å². The molecule has 8 bridgehead atoms. The molecule has 8 saturated carbocycles. The van der Waals surface area contributed by atoms with Crippen molar-refractivity contribution in [2.24, 2.45) is 45.3 Å². The monoisotopic (exact) mass is 909 g/mol. The summed E-state index contributed by atoms with van der Waals surface area (Å²) in [5.74, 6) is -1.10. The van der Waals surface area contributed by atoms with Crippen LogP contribution in [-0.4, -0.2) is 76.4 Å². The van der Waals surface area contributed by atoms with Gasteiger partial charge in [0.1, 0.15) is 16.8 Å². The molecule has 2 saturated heterocycles. The van der Waals surface area contributed by atoms with Gasteiger partial charge in [0.25, 0.3) is 0 Å². The van der Waals surface area contributed by atoms with Gasteiger partial charge in [0.15, 0.2) is 6.10 Å². The van der Waals surface area contributed by atoms with Crippen molar-refractivity contribution in [2.75, 3.05) is 6.61 Å². The Kier molecular flexibility index (Phi) is 17.5. The number of carbonyl (C=O) groups excluding carboxylic acids is 5. The van der Waals surface area contributed by atoms with Crippen molar-refractivity contribution in [3.8, 4) is 0 Å². The van der Waals surface area contributed by atoms with Gasteiger partial charge < -0.3 is 33.5 Å². The zero-order valence-electron chi connectivity index (χ0n) is 36.0.